The van der Waals surface area contributed by atoms with Gasteiger partial charge in [-0.2, -0.15) is 0 Å². The van der Waals surface area contributed by atoms with Crippen molar-refractivity contribution >= 4 is 5.91 Å². The standard InChI is InChI=1S/C14H25N5O/c1-12(2)18-8-3-5-13(11-18)14(20)15-6-4-9-19-10-7-16-17-19/h7,10,12-13H,3-6,8-9,11H2,1-2H3,(H,15,20)/t13-/m0/s1. The van der Waals surface area contributed by atoms with Gasteiger partial charge in [0.15, 0.2) is 0 Å². The first kappa shape index (κ1) is 15.0. The summed E-state index contributed by atoms with van der Waals surface area (Å²) in [7, 11) is 0. The fraction of sp³-hybridized carbons (Fsp3) is 0.786. The lowest BCUT2D eigenvalue weighted by atomic mass is 9.96. The van der Waals surface area contributed by atoms with E-state index in [0.29, 0.717) is 12.6 Å². The number of nitrogens with zero attached hydrogens (tertiary/aromatic N) is 4. The van der Waals surface area contributed by atoms with Crippen molar-refractivity contribution in [3.63, 3.8) is 0 Å². The molecule has 1 fully saturated rings. The fourth-order valence-corrected chi connectivity index (χ4v) is 2.64. The molecule has 2 rings (SSSR count). The predicted octanol–water partition coefficient (Wildman–Crippen LogP) is 0.905. The quantitative estimate of drug-likeness (QED) is 0.786. The summed E-state index contributed by atoms with van der Waals surface area (Å²) in [6, 6.07) is 0.526. The van der Waals surface area contributed by atoms with Crippen LogP contribution >= 0.6 is 0 Å². The van der Waals surface area contributed by atoms with Crippen molar-refractivity contribution in [3.05, 3.63) is 12.4 Å². The Bertz CT molecular complexity index is 404. The minimum atomic E-state index is 0.150. The Balaban J connectivity index is 1.66. The van der Waals surface area contributed by atoms with E-state index in [-0.39, 0.29) is 11.8 Å². The highest BCUT2D eigenvalue weighted by atomic mass is 16.1. The average Bonchev–Trinajstić information content (AvgIpc) is 2.96. The summed E-state index contributed by atoms with van der Waals surface area (Å²) in [6.07, 6.45) is 6.52. The topological polar surface area (TPSA) is 63.1 Å². The number of rotatable bonds is 6. The van der Waals surface area contributed by atoms with Gasteiger partial charge < -0.3 is 10.2 Å². The summed E-state index contributed by atoms with van der Waals surface area (Å²) in [4.78, 5) is 14.5. The fourth-order valence-electron chi connectivity index (χ4n) is 2.64. The molecule has 2 heterocycles. The predicted molar refractivity (Wildman–Crippen MR) is 77.1 cm³/mol. The summed E-state index contributed by atoms with van der Waals surface area (Å²) in [5, 5.41) is 10.7. The Labute approximate surface area is 120 Å². The van der Waals surface area contributed by atoms with E-state index in [1.54, 1.807) is 10.9 Å². The van der Waals surface area contributed by atoms with Crippen molar-refractivity contribution in [1.29, 1.82) is 0 Å². The van der Waals surface area contributed by atoms with Gasteiger partial charge in [-0.05, 0) is 39.7 Å². The largest absolute Gasteiger partial charge is 0.356 e. The number of carbonyl (C=O) groups is 1. The van der Waals surface area contributed by atoms with Crippen molar-refractivity contribution in [2.45, 2.75) is 45.7 Å². The minimum Gasteiger partial charge on any atom is -0.356 e. The molecule has 0 spiro atoms. The lowest BCUT2D eigenvalue weighted by molar-refractivity contribution is -0.126. The van der Waals surface area contributed by atoms with Gasteiger partial charge in [0.2, 0.25) is 5.91 Å². The molecule has 20 heavy (non-hydrogen) atoms. The van der Waals surface area contributed by atoms with Gasteiger partial charge in [0.05, 0.1) is 12.1 Å². The summed E-state index contributed by atoms with van der Waals surface area (Å²) in [6.45, 7) is 7.90. The molecule has 1 aromatic heterocycles. The number of carbonyl (C=O) groups excluding carboxylic acids is 1. The number of aryl methyl sites for hydroxylation is 1. The molecule has 1 N–H and O–H groups in total. The van der Waals surface area contributed by atoms with E-state index in [1.165, 1.54) is 0 Å². The van der Waals surface area contributed by atoms with E-state index in [2.05, 4.69) is 34.4 Å². The van der Waals surface area contributed by atoms with Gasteiger partial charge in [-0.1, -0.05) is 5.21 Å². The average molecular weight is 279 g/mol. The van der Waals surface area contributed by atoms with Crippen LogP contribution < -0.4 is 5.32 Å². The van der Waals surface area contributed by atoms with Crippen LogP contribution in [0.2, 0.25) is 0 Å². The molecule has 1 amide bonds. The molecular formula is C14H25N5O. The number of aromatic nitrogens is 3. The summed E-state index contributed by atoms with van der Waals surface area (Å²) in [5.41, 5.74) is 0. The lowest BCUT2D eigenvalue weighted by Gasteiger charge is -2.34. The highest BCUT2D eigenvalue weighted by molar-refractivity contribution is 5.78. The molecule has 0 radical (unpaired) electrons. The number of piperidine rings is 1. The maximum Gasteiger partial charge on any atom is 0.224 e. The molecule has 0 saturated carbocycles. The van der Waals surface area contributed by atoms with Gasteiger partial charge >= 0.3 is 0 Å². The molecule has 1 atom stereocenters. The van der Waals surface area contributed by atoms with Crippen LogP contribution in [-0.2, 0) is 11.3 Å². The first-order valence-corrected chi connectivity index (χ1v) is 7.52. The van der Waals surface area contributed by atoms with Crippen molar-refractivity contribution in [2.75, 3.05) is 19.6 Å². The van der Waals surface area contributed by atoms with Crippen molar-refractivity contribution in [1.82, 2.24) is 25.2 Å². The zero-order valence-electron chi connectivity index (χ0n) is 12.5. The number of amides is 1. The van der Waals surface area contributed by atoms with Gasteiger partial charge in [0.25, 0.3) is 0 Å². The van der Waals surface area contributed by atoms with Crippen LogP contribution in [0.5, 0.6) is 0 Å². The molecule has 1 aliphatic heterocycles. The molecule has 6 heteroatoms. The van der Waals surface area contributed by atoms with Crippen LogP contribution in [0.25, 0.3) is 0 Å². The van der Waals surface area contributed by atoms with E-state index in [1.807, 2.05) is 6.20 Å². The zero-order valence-corrected chi connectivity index (χ0v) is 12.5. The summed E-state index contributed by atoms with van der Waals surface area (Å²) >= 11 is 0. The Kier molecular flexibility index (Phi) is 5.52. The van der Waals surface area contributed by atoms with Crippen molar-refractivity contribution in [3.8, 4) is 0 Å². The SMILES string of the molecule is CC(C)N1CCC[C@H](C(=O)NCCCn2ccnn2)C1. The third kappa shape index (κ3) is 4.30. The Morgan fingerprint density at radius 2 is 2.35 bits per heavy atom. The maximum absolute atomic E-state index is 12.2. The van der Waals surface area contributed by atoms with Crippen LogP contribution in [0.1, 0.15) is 33.1 Å². The second-order valence-corrected chi connectivity index (χ2v) is 5.74. The molecule has 6 nitrogen and oxygen atoms in total. The molecule has 1 aliphatic rings. The van der Waals surface area contributed by atoms with Crippen LogP contribution in [0, 0.1) is 5.92 Å². The molecule has 0 bridgehead atoms. The zero-order chi connectivity index (χ0) is 14.4. The molecule has 0 unspecified atom stereocenters. The van der Waals surface area contributed by atoms with Gasteiger partial charge in [0.1, 0.15) is 0 Å². The normalized spacial score (nSPS) is 20.2. The second kappa shape index (κ2) is 7.38. The highest BCUT2D eigenvalue weighted by Gasteiger charge is 2.26. The number of nitrogens with one attached hydrogen (secondary N) is 1. The first-order chi connectivity index (χ1) is 9.66. The van der Waals surface area contributed by atoms with Crippen LogP contribution in [0.4, 0.5) is 0 Å². The van der Waals surface area contributed by atoms with Crippen LogP contribution in [-0.4, -0.2) is 51.5 Å². The van der Waals surface area contributed by atoms with E-state index in [9.17, 15) is 4.79 Å². The Morgan fingerprint density at radius 1 is 1.50 bits per heavy atom. The number of likely N-dealkylation sites (tertiary alicyclic amines) is 1. The minimum absolute atomic E-state index is 0.150. The molecule has 0 aromatic carbocycles. The van der Waals surface area contributed by atoms with Gasteiger partial charge in [-0.3, -0.25) is 9.48 Å². The van der Waals surface area contributed by atoms with Crippen molar-refractivity contribution < 1.29 is 4.79 Å². The van der Waals surface area contributed by atoms with E-state index >= 15 is 0 Å². The van der Waals surface area contributed by atoms with E-state index in [4.69, 9.17) is 0 Å². The smallest absolute Gasteiger partial charge is 0.224 e. The highest BCUT2D eigenvalue weighted by Crippen LogP contribution is 2.18. The molecule has 0 aliphatic carbocycles. The Morgan fingerprint density at radius 3 is 3.05 bits per heavy atom. The molecular weight excluding hydrogens is 254 g/mol. The maximum atomic E-state index is 12.2. The molecule has 112 valence electrons. The van der Waals surface area contributed by atoms with E-state index in [0.717, 1.165) is 38.9 Å². The third-order valence-corrected chi connectivity index (χ3v) is 3.89. The van der Waals surface area contributed by atoms with Gasteiger partial charge in [-0.25, -0.2) is 0 Å². The summed E-state index contributed by atoms with van der Waals surface area (Å²) in [5.74, 6) is 0.353. The van der Waals surface area contributed by atoms with Crippen LogP contribution in [0.15, 0.2) is 12.4 Å². The molecule has 1 saturated heterocycles. The molecule has 1 aromatic rings. The summed E-state index contributed by atoms with van der Waals surface area (Å²) < 4.78 is 1.78. The third-order valence-electron chi connectivity index (χ3n) is 3.89. The van der Waals surface area contributed by atoms with Gasteiger partial charge in [0, 0.05) is 31.9 Å². The number of hydrogen-bond acceptors (Lipinski definition) is 4. The Hall–Kier alpha value is -1.43. The number of hydrogen-bond donors (Lipinski definition) is 1. The lowest BCUT2D eigenvalue weighted by Crippen LogP contribution is -2.45. The monoisotopic (exact) mass is 279 g/mol. The van der Waals surface area contributed by atoms with Crippen molar-refractivity contribution in [2.24, 2.45) is 5.92 Å². The van der Waals surface area contributed by atoms with Crippen LogP contribution in [0.3, 0.4) is 0 Å². The van der Waals surface area contributed by atoms with E-state index < -0.39 is 0 Å². The second-order valence-electron chi connectivity index (χ2n) is 5.74. The van der Waals surface area contributed by atoms with Gasteiger partial charge in [-0.15, -0.1) is 5.10 Å². The first-order valence-electron chi connectivity index (χ1n) is 7.52.